The van der Waals surface area contributed by atoms with Gasteiger partial charge in [-0.25, -0.2) is 0 Å². The molecule has 0 unspecified atom stereocenters. The standard InChI is InChI=1S/C14H17ClN2O3/c15-12-5-16-3-1-10(12)6-17-7-11-2-4-20-9-14(11,8-17)13(18)19/h1,3,5,11H,2,4,6-9H2,(H,18,19)/t11-,14+/m0/s1. The Hall–Kier alpha value is -1.17. The molecule has 5 nitrogen and oxygen atoms in total. The average molecular weight is 297 g/mol. The number of nitrogens with zero attached hydrogens (tertiary/aromatic N) is 2. The van der Waals surface area contributed by atoms with Gasteiger partial charge in [0.05, 0.1) is 11.6 Å². The van der Waals surface area contributed by atoms with Crippen molar-refractivity contribution in [2.45, 2.75) is 13.0 Å². The van der Waals surface area contributed by atoms with Crippen LogP contribution in [0.1, 0.15) is 12.0 Å². The number of carboxylic acid groups (broad SMARTS) is 1. The first-order chi connectivity index (χ1) is 9.62. The van der Waals surface area contributed by atoms with Gasteiger partial charge in [0, 0.05) is 38.6 Å². The van der Waals surface area contributed by atoms with Crippen molar-refractivity contribution in [1.29, 1.82) is 0 Å². The number of hydrogen-bond acceptors (Lipinski definition) is 4. The van der Waals surface area contributed by atoms with Gasteiger partial charge in [-0.05, 0) is 24.0 Å². The van der Waals surface area contributed by atoms with Gasteiger partial charge >= 0.3 is 5.97 Å². The molecule has 0 aliphatic carbocycles. The summed E-state index contributed by atoms with van der Waals surface area (Å²) in [6.45, 7) is 2.93. The second-order valence-electron chi connectivity index (χ2n) is 5.64. The smallest absolute Gasteiger partial charge is 0.313 e. The molecule has 1 aromatic rings. The topological polar surface area (TPSA) is 62.7 Å². The third-order valence-electron chi connectivity index (χ3n) is 4.41. The van der Waals surface area contributed by atoms with E-state index in [-0.39, 0.29) is 5.92 Å². The summed E-state index contributed by atoms with van der Waals surface area (Å²) in [6, 6.07) is 1.88. The second-order valence-corrected chi connectivity index (χ2v) is 6.04. The van der Waals surface area contributed by atoms with Crippen LogP contribution in [-0.2, 0) is 16.1 Å². The fraction of sp³-hybridized carbons (Fsp3) is 0.571. The second kappa shape index (κ2) is 5.31. The zero-order chi connectivity index (χ0) is 14.2. The Balaban J connectivity index is 1.78. The molecule has 0 radical (unpaired) electrons. The highest BCUT2D eigenvalue weighted by Gasteiger charge is 2.53. The number of ether oxygens (including phenoxy) is 1. The average Bonchev–Trinajstić information content (AvgIpc) is 2.81. The van der Waals surface area contributed by atoms with Gasteiger partial charge in [-0.15, -0.1) is 0 Å². The summed E-state index contributed by atoms with van der Waals surface area (Å²) < 4.78 is 5.43. The minimum Gasteiger partial charge on any atom is -0.481 e. The van der Waals surface area contributed by atoms with E-state index in [9.17, 15) is 9.90 Å². The zero-order valence-corrected chi connectivity index (χ0v) is 11.8. The summed E-state index contributed by atoms with van der Waals surface area (Å²) >= 11 is 6.12. The van der Waals surface area contributed by atoms with E-state index in [0.717, 1.165) is 18.5 Å². The van der Waals surface area contributed by atoms with Crippen molar-refractivity contribution in [3.63, 3.8) is 0 Å². The number of pyridine rings is 1. The summed E-state index contributed by atoms with van der Waals surface area (Å²) in [7, 11) is 0. The van der Waals surface area contributed by atoms with Gasteiger partial charge in [-0.3, -0.25) is 14.7 Å². The Bertz CT molecular complexity index is 525. The lowest BCUT2D eigenvalue weighted by Gasteiger charge is -2.34. The molecule has 2 aliphatic heterocycles. The number of carboxylic acids is 1. The van der Waals surface area contributed by atoms with Gasteiger partial charge in [-0.2, -0.15) is 0 Å². The molecule has 3 heterocycles. The summed E-state index contributed by atoms with van der Waals surface area (Å²) in [5.41, 5.74) is 0.236. The minimum atomic E-state index is -0.752. The van der Waals surface area contributed by atoms with Crippen LogP contribution in [0.4, 0.5) is 0 Å². The predicted molar refractivity (Wildman–Crippen MR) is 73.5 cm³/mol. The molecule has 108 valence electrons. The first kappa shape index (κ1) is 13.8. The number of rotatable bonds is 3. The highest BCUT2D eigenvalue weighted by Crippen LogP contribution is 2.42. The molecule has 1 aromatic heterocycles. The fourth-order valence-corrected chi connectivity index (χ4v) is 3.47. The van der Waals surface area contributed by atoms with Crippen molar-refractivity contribution in [2.24, 2.45) is 11.3 Å². The quantitative estimate of drug-likeness (QED) is 0.919. The van der Waals surface area contributed by atoms with Gasteiger partial charge in [0.1, 0.15) is 5.41 Å². The highest BCUT2D eigenvalue weighted by atomic mass is 35.5. The van der Waals surface area contributed by atoms with E-state index in [0.29, 0.717) is 31.3 Å². The molecule has 0 amide bonds. The highest BCUT2D eigenvalue weighted by molar-refractivity contribution is 6.31. The molecule has 2 saturated heterocycles. The Labute approximate surface area is 122 Å². The lowest BCUT2D eigenvalue weighted by atomic mass is 9.76. The van der Waals surface area contributed by atoms with Crippen LogP contribution >= 0.6 is 11.6 Å². The maximum absolute atomic E-state index is 11.7. The van der Waals surface area contributed by atoms with Crippen LogP contribution in [0.2, 0.25) is 5.02 Å². The largest absolute Gasteiger partial charge is 0.481 e. The number of aliphatic carboxylic acids is 1. The monoisotopic (exact) mass is 296 g/mol. The maximum atomic E-state index is 11.7. The number of hydrogen-bond donors (Lipinski definition) is 1. The fourth-order valence-electron chi connectivity index (χ4n) is 3.29. The molecule has 2 atom stereocenters. The molecule has 0 spiro atoms. The molecule has 0 bridgehead atoms. The van der Waals surface area contributed by atoms with Crippen molar-refractivity contribution in [1.82, 2.24) is 9.88 Å². The first-order valence-corrected chi connectivity index (χ1v) is 7.11. The normalized spacial score (nSPS) is 30.1. The van der Waals surface area contributed by atoms with Gasteiger partial charge in [0.25, 0.3) is 0 Å². The van der Waals surface area contributed by atoms with Crippen molar-refractivity contribution in [3.05, 3.63) is 29.0 Å². The van der Waals surface area contributed by atoms with Gasteiger partial charge < -0.3 is 9.84 Å². The Kier molecular flexibility index (Phi) is 3.67. The van der Waals surface area contributed by atoms with Crippen LogP contribution in [0.15, 0.2) is 18.5 Å². The Morgan fingerprint density at radius 1 is 1.65 bits per heavy atom. The molecular weight excluding hydrogens is 280 g/mol. The predicted octanol–water partition coefficient (Wildman–Crippen LogP) is 1.66. The minimum absolute atomic E-state index is 0.161. The van der Waals surface area contributed by atoms with E-state index in [1.54, 1.807) is 12.4 Å². The molecule has 6 heteroatoms. The van der Waals surface area contributed by atoms with Gasteiger partial charge in [-0.1, -0.05) is 11.6 Å². The third-order valence-corrected chi connectivity index (χ3v) is 4.75. The molecule has 0 aromatic carbocycles. The van der Waals surface area contributed by atoms with Crippen LogP contribution in [0, 0.1) is 11.3 Å². The van der Waals surface area contributed by atoms with Crippen molar-refractivity contribution < 1.29 is 14.6 Å². The van der Waals surface area contributed by atoms with E-state index < -0.39 is 11.4 Å². The molecule has 0 saturated carbocycles. The van der Waals surface area contributed by atoms with E-state index in [1.165, 1.54) is 0 Å². The molecule has 2 fully saturated rings. The molecule has 20 heavy (non-hydrogen) atoms. The van der Waals surface area contributed by atoms with Crippen molar-refractivity contribution >= 4 is 17.6 Å². The van der Waals surface area contributed by atoms with Crippen LogP contribution in [-0.4, -0.2) is 47.3 Å². The number of halogens is 1. The van der Waals surface area contributed by atoms with E-state index >= 15 is 0 Å². The lowest BCUT2D eigenvalue weighted by Crippen LogP contribution is -2.46. The SMILES string of the molecule is O=C(O)[C@]12COCC[C@H]1CN(Cc1ccncc1Cl)C2. The first-order valence-electron chi connectivity index (χ1n) is 6.74. The summed E-state index contributed by atoms with van der Waals surface area (Å²) in [5, 5.41) is 10.2. The van der Waals surface area contributed by atoms with Gasteiger partial charge in [0.2, 0.25) is 0 Å². The molecule has 1 N–H and O–H groups in total. The zero-order valence-electron chi connectivity index (χ0n) is 11.1. The van der Waals surface area contributed by atoms with E-state index in [4.69, 9.17) is 16.3 Å². The summed E-state index contributed by atoms with van der Waals surface area (Å²) in [5.74, 6) is -0.583. The van der Waals surface area contributed by atoms with Crippen LogP contribution < -0.4 is 0 Å². The Morgan fingerprint density at radius 2 is 2.50 bits per heavy atom. The van der Waals surface area contributed by atoms with Crippen LogP contribution in [0.5, 0.6) is 0 Å². The summed E-state index contributed by atoms with van der Waals surface area (Å²) in [6.07, 6.45) is 4.14. The summed E-state index contributed by atoms with van der Waals surface area (Å²) in [4.78, 5) is 17.8. The van der Waals surface area contributed by atoms with E-state index in [1.807, 2.05) is 6.07 Å². The third kappa shape index (κ3) is 2.30. The maximum Gasteiger partial charge on any atom is 0.313 e. The van der Waals surface area contributed by atoms with Crippen LogP contribution in [0.25, 0.3) is 0 Å². The van der Waals surface area contributed by atoms with Gasteiger partial charge in [0.15, 0.2) is 0 Å². The number of likely N-dealkylation sites (tertiary alicyclic amines) is 1. The number of aromatic nitrogens is 1. The van der Waals surface area contributed by atoms with E-state index in [2.05, 4.69) is 9.88 Å². The Morgan fingerprint density at radius 3 is 3.20 bits per heavy atom. The molecule has 3 rings (SSSR count). The number of fused-ring (bicyclic) bond motifs is 1. The van der Waals surface area contributed by atoms with Crippen molar-refractivity contribution in [3.8, 4) is 0 Å². The lowest BCUT2D eigenvalue weighted by molar-refractivity contribution is -0.159. The molecular formula is C14H17ClN2O3. The van der Waals surface area contributed by atoms with Crippen molar-refractivity contribution in [2.75, 3.05) is 26.3 Å². The molecule has 2 aliphatic rings. The van der Waals surface area contributed by atoms with Crippen LogP contribution in [0.3, 0.4) is 0 Å². The number of carbonyl (C=O) groups is 1.